The minimum absolute atomic E-state index is 0.0566. The summed E-state index contributed by atoms with van der Waals surface area (Å²) in [6, 6.07) is 0. The van der Waals surface area contributed by atoms with Gasteiger partial charge in [-0.05, 0) is 13.3 Å². The van der Waals surface area contributed by atoms with Crippen LogP contribution in [0.3, 0.4) is 0 Å². The maximum Gasteiger partial charge on any atom is 0.329 e. The number of rotatable bonds is 6. The van der Waals surface area contributed by atoms with Gasteiger partial charge in [0, 0.05) is 26.0 Å². The highest BCUT2D eigenvalue weighted by Crippen LogP contribution is 2.32. The predicted octanol–water partition coefficient (Wildman–Crippen LogP) is 1.27. The van der Waals surface area contributed by atoms with Crippen molar-refractivity contribution in [1.82, 2.24) is 4.90 Å². The van der Waals surface area contributed by atoms with E-state index in [4.69, 9.17) is 4.74 Å². The van der Waals surface area contributed by atoms with Crippen LogP contribution in [-0.2, 0) is 14.3 Å². The molecule has 0 aromatic heterocycles. The van der Waals surface area contributed by atoms with E-state index in [-0.39, 0.29) is 6.10 Å². The first-order chi connectivity index (χ1) is 8.10. The molecule has 1 heterocycles. The highest BCUT2D eigenvalue weighted by molar-refractivity contribution is 5.81. The topological polar surface area (TPSA) is 66.8 Å². The Morgan fingerprint density at radius 1 is 1.59 bits per heavy atom. The van der Waals surface area contributed by atoms with Gasteiger partial charge in [-0.2, -0.15) is 0 Å². The average molecular weight is 243 g/mol. The molecule has 0 spiro atoms. The van der Waals surface area contributed by atoms with Gasteiger partial charge >= 0.3 is 5.97 Å². The van der Waals surface area contributed by atoms with E-state index in [1.54, 1.807) is 6.92 Å². The summed E-state index contributed by atoms with van der Waals surface area (Å²) in [5, 5.41) is 9.45. The maximum absolute atomic E-state index is 11.5. The highest BCUT2D eigenvalue weighted by atomic mass is 16.5. The molecule has 1 aliphatic heterocycles. The first-order valence-corrected chi connectivity index (χ1v) is 6.17. The summed E-state index contributed by atoms with van der Waals surface area (Å²) in [6.07, 6.45) is 3.14. The second-order valence-corrected chi connectivity index (χ2v) is 4.46. The Morgan fingerprint density at radius 2 is 2.29 bits per heavy atom. The van der Waals surface area contributed by atoms with Crippen LogP contribution in [0, 0.1) is 0 Å². The van der Waals surface area contributed by atoms with E-state index in [1.807, 2.05) is 6.92 Å². The molecule has 0 radical (unpaired) electrons. The smallest absolute Gasteiger partial charge is 0.329 e. The number of carboxylic acid groups (broad SMARTS) is 1. The number of ether oxygens (including phenoxy) is 1. The molecular weight excluding hydrogens is 222 g/mol. The Hall–Kier alpha value is -1.10. The van der Waals surface area contributed by atoms with Crippen LogP contribution in [0.4, 0.5) is 0 Å². The van der Waals surface area contributed by atoms with E-state index in [2.05, 4.69) is 0 Å². The van der Waals surface area contributed by atoms with Gasteiger partial charge in [0.1, 0.15) is 5.54 Å². The predicted molar refractivity (Wildman–Crippen MR) is 62.7 cm³/mol. The lowest BCUT2D eigenvalue weighted by molar-refractivity contribution is -0.166. The van der Waals surface area contributed by atoms with Crippen LogP contribution in [0.1, 0.15) is 39.5 Å². The number of amides is 1. The lowest BCUT2D eigenvalue weighted by Gasteiger charge is -2.43. The summed E-state index contributed by atoms with van der Waals surface area (Å²) >= 11 is 0. The van der Waals surface area contributed by atoms with Gasteiger partial charge in [0.05, 0.1) is 6.10 Å². The first kappa shape index (κ1) is 14.0. The van der Waals surface area contributed by atoms with E-state index in [0.29, 0.717) is 32.4 Å². The number of carbonyl (C=O) groups excluding carboxylic acids is 1. The van der Waals surface area contributed by atoms with Gasteiger partial charge in [0.2, 0.25) is 6.41 Å². The van der Waals surface area contributed by atoms with Crippen LogP contribution in [0.2, 0.25) is 0 Å². The number of nitrogens with zero attached hydrogens (tertiary/aromatic N) is 1. The molecule has 1 aliphatic rings. The summed E-state index contributed by atoms with van der Waals surface area (Å²) in [5.41, 5.74) is -1.07. The quantitative estimate of drug-likeness (QED) is 0.713. The van der Waals surface area contributed by atoms with Crippen molar-refractivity contribution in [2.75, 3.05) is 13.2 Å². The van der Waals surface area contributed by atoms with Gasteiger partial charge < -0.3 is 14.7 Å². The summed E-state index contributed by atoms with van der Waals surface area (Å²) in [5.74, 6) is -0.921. The summed E-state index contributed by atoms with van der Waals surface area (Å²) in [6.45, 7) is 4.65. The second kappa shape index (κ2) is 6.00. The third-order valence-electron chi connectivity index (χ3n) is 3.46. The zero-order valence-corrected chi connectivity index (χ0v) is 10.5. The normalized spacial score (nSPS) is 28.7. The van der Waals surface area contributed by atoms with E-state index >= 15 is 0 Å². The number of carboxylic acids is 1. The van der Waals surface area contributed by atoms with E-state index in [9.17, 15) is 14.7 Å². The van der Waals surface area contributed by atoms with Gasteiger partial charge in [0.25, 0.3) is 0 Å². The van der Waals surface area contributed by atoms with Crippen molar-refractivity contribution in [3.63, 3.8) is 0 Å². The fourth-order valence-corrected chi connectivity index (χ4v) is 2.50. The number of aliphatic carboxylic acids is 1. The van der Waals surface area contributed by atoms with Gasteiger partial charge in [-0.3, -0.25) is 4.79 Å². The van der Waals surface area contributed by atoms with Gasteiger partial charge in [-0.1, -0.05) is 13.3 Å². The molecule has 5 heteroatoms. The fraction of sp³-hybridized carbons (Fsp3) is 0.833. The monoisotopic (exact) mass is 243 g/mol. The lowest BCUT2D eigenvalue weighted by atomic mass is 9.84. The summed E-state index contributed by atoms with van der Waals surface area (Å²) in [4.78, 5) is 23.9. The molecule has 0 saturated carbocycles. The van der Waals surface area contributed by atoms with E-state index < -0.39 is 11.5 Å². The van der Waals surface area contributed by atoms with Crippen LogP contribution >= 0.6 is 0 Å². The average Bonchev–Trinajstić information content (AvgIpc) is 2.31. The third kappa shape index (κ3) is 2.77. The molecule has 1 amide bonds. The maximum atomic E-state index is 11.5. The molecule has 0 aromatic carbocycles. The second-order valence-electron chi connectivity index (χ2n) is 4.46. The minimum atomic E-state index is -1.07. The number of hydrogen-bond acceptors (Lipinski definition) is 3. The molecule has 1 saturated heterocycles. The van der Waals surface area contributed by atoms with Crippen molar-refractivity contribution in [3.05, 3.63) is 0 Å². The van der Waals surface area contributed by atoms with Crippen LogP contribution < -0.4 is 0 Å². The van der Waals surface area contributed by atoms with E-state index in [0.717, 1.165) is 12.8 Å². The van der Waals surface area contributed by atoms with Crippen molar-refractivity contribution in [2.24, 2.45) is 0 Å². The molecule has 5 nitrogen and oxygen atoms in total. The van der Waals surface area contributed by atoms with Gasteiger partial charge in [-0.15, -0.1) is 0 Å². The molecule has 1 N–H and O–H groups in total. The van der Waals surface area contributed by atoms with Crippen molar-refractivity contribution in [2.45, 2.75) is 51.2 Å². The fourth-order valence-electron chi connectivity index (χ4n) is 2.50. The van der Waals surface area contributed by atoms with Gasteiger partial charge in [0.15, 0.2) is 0 Å². The zero-order valence-electron chi connectivity index (χ0n) is 10.5. The molecule has 0 bridgehead atoms. The molecule has 1 rings (SSSR count). The summed E-state index contributed by atoms with van der Waals surface area (Å²) < 4.78 is 5.56. The Kier molecular flexibility index (Phi) is 4.93. The largest absolute Gasteiger partial charge is 0.479 e. The van der Waals surface area contributed by atoms with Gasteiger partial charge in [-0.25, -0.2) is 4.79 Å². The van der Waals surface area contributed by atoms with Crippen LogP contribution in [0.5, 0.6) is 0 Å². The Morgan fingerprint density at radius 3 is 2.76 bits per heavy atom. The van der Waals surface area contributed by atoms with Crippen molar-refractivity contribution in [1.29, 1.82) is 0 Å². The first-order valence-electron chi connectivity index (χ1n) is 6.17. The molecule has 1 fully saturated rings. The zero-order chi connectivity index (χ0) is 12.9. The van der Waals surface area contributed by atoms with Crippen molar-refractivity contribution >= 4 is 12.4 Å². The van der Waals surface area contributed by atoms with Crippen LogP contribution in [-0.4, -0.2) is 47.2 Å². The minimum Gasteiger partial charge on any atom is -0.479 e. The molecular formula is C12H21NO4. The molecule has 2 unspecified atom stereocenters. The van der Waals surface area contributed by atoms with E-state index in [1.165, 1.54) is 4.90 Å². The molecule has 17 heavy (non-hydrogen) atoms. The molecule has 2 atom stereocenters. The Balaban J connectivity index is 2.90. The molecule has 0 aromatic rings. The number of carbonyl (C=O) groups is 2. The number of hydrogen-bond donors (Lipinski definition) is 1. The summed E-state index contributed by atoms with van der Waals surface area (Å²) in [7, 11) is 0. The SMILES string of the molecule is CCCC1CC(C(=O)O)(N(C=O)CC)CCO1. The third-order valence-corrected chi connectivity index (χ3v) is 3.46. The van der Waals surface area contributed by atoms with Crippen LogP contribution in [0.25, 0.3) is 0 Å². The highest BCUT2D eigenvalue weighted by Gasteiger charge is 2.47. The van der Waals surface area contributed by atoms with Crippen molar-refractivity contribution < 1.29 is 19.4 Å². The molecule has 98 valence electrons. The Labute approximate surface area is 102 Å². The van der Waals surface area contributed by atoms with Crippen molar-refractivity contribution in [3.8, 4) is 0 Å². The standard InChI is InChI=1S/C12H21NO4/c1-3-5-10-8-12(11(15)16,6-7-17-10)13(4-2)9-14/h9-10H,3-8H2,1-2H3,(H,15,16). The Bertz CT molecular complexity index is 280. The molecule has 0 aliphatic carbocycles. The number of likely N-dealkylation sites (N-methyl/N-ethyl adjacent to an activating group) is 1. The van der Waals surface area contributed by atoms with Crippen LogP contribution in [0.15, 0.2) is 0 Å². The lowest BCUT2D eigenvalue weighted by Crippen LogP contribution is -2.58.